The van der Waals surface area contributed by atoms with E-state index in [1.807, 2.05) is 19.1 Å². The second-order valence-electron chi connectivity index (χ2n) is 5.68. The number of hydrogen-bond acceptors (Lipinski definition) is 6. The number of benzene rings is 2. The highest BCUT2D eigenvalue weighted by atomic mass is 16.6. The lowest BCUT2D eigenvalue weighted by Crippen LogP contribution is -2.10. The summed E-state index contributed by atoms with van der Waals surface area (Å²) in [5.74, 6) is 1.30. The zero-order valence-electron chi connectivity index (χ0n) is 15.0. The van der Waals surface area contributed by atoms with Crippen molar-refractivity contribution in [1.82, 2.24) is 0 Å². The van der Waals surface area contributed by atoms with E-state index in [0.29, 0.717) is 17.1 Å². The first kappa shape index (κ1) is 19.2. The Hall–Kier alpha value is -3.09. The van der Waals surface area contributed by atoms with Crippen LogP contribution in [0.1, 0.15) is 31.4 Å². The molecule has 7 heteroatoms. The molecule has 0 saturated carbocycles. The van der Waals surface area contributed by atoms with Gasteiger partial charge in [-0.05, 0) is 37.1 Å². The molecule has 0 fully saturated rings. The molecule has 0 N–H and O–H groups in total. The number of ether oxygens (including phenoxy) is 2. The standard InChI is InChI=1S/C19H22N2O5/c1-4-14(2)26-18-9-8-15(11-19(18)24-3)12-20-25-13-16-6-5-7-17(10-16)21(22)23/h5-12,14H,4,13H2,1-3H3/b20-12-/t14-/m1/s1. The summed E-state index contributed by atoms with van der Waals surface area (Å²) >= 11 is 0. The van der Waals surface area contributed by atoms with Gasteiger partial charge in [-0.3, -0.25) is 10.1 Å². The van der Waals surface area contributed by atoms with Crippen LogP contribution in [0.3, 0.4) is 0 Å². The number of nitrogens with zero attached hydrogens (tertiary/aromatic N) is 2. The minimum absolute atomic E-state index is 0.0247. The summed E-state index contributed by atoms with van der Waals surface area (Å²) in [6.45, 7) is 4.19. The van der Waals surface area contributed by atoms with Crippen LogP contribution in [-0.2, 0) is 11.4 Å². The molecule has 0 aromatic heterocycles. The molecule has 0 aliphatic heterocycles. The molecule has 0 amide bonds. The molecule has 0 unspecified atom stereocenters. The van der Waals surface area contributed by atoms with Crippen molar-refractivity contribution < 1.29 is 19.2 Å². The van der Waals surface area contributed by atoms with Gasteiger partial charge in [0.25, 0.3) is 5.69 Å². The van der Waals surface area contributed by atoms with Crippen molar-refractivity contribution in [1.29, 1.82) is 0 Å². The lowest BCUT2D eigenvalue weighted by Gasteiger charge is -2.15. The molecule has 1 atom stereocenters. The average molecular weight is 358 g/mol. The van der Waals surface area contributed by atoms with E-state index in [0.717, 1.165) is 12.0 Å². The van der Waals surface area contributed by atoms with Crippen LogP contribution < -0.4 is 9.47 Å². The quantitative estimate of drug-likeness (QED) is 0.378. The minimum atomic E-state index is -0.442. The Morgan fingerprint density at radius 3 is 2.73 bits per heavy atom. The maximum absolute atomic E-state index is 10.8. The zero-order chi connectivity index (χ0) is 18.9. The van der Waals surface area contributed by atoms with Crippen molar-refractivity contribution in [2.24, 2.45) is 5.16 Å². The third kappa shape index (κ3) is 5.47. The summed E-state index contributed by atoms with van der Waals surface area (Å²) in [6, 6.07) is 11.7. The molecule has 0 radical (unpaired) electrons. The van der Waals surface area contributed by atoms with Crippen LogP contribution in [0.2, 0.25) is 0 Å². The molecule has 0 aliphatic carbocycles. The average Bonchev–Trinajstić information content (AvgIpc) is 2.66. The lowest BCUT2D eigenvalue weighted by molar-refractivity contribution is -0.384. The summed E-state index contributed by atoms with van der Waals surface area (Å²) < 4.78 is 11.1. The molecule has 7 nitrogen and oxygen atoms in total. The van der Waals surface area contributed by atoms with Gasteiger partial charge in [-0.15, -0.1) is 0 Å². The molecular formula is C19H22N2O5. The fraction of sp³-hybridized carbons (Fsp3) is 0.316. The van der Waals surface area contributed by atoms with E-state index in [1.165, 1.54) is 12.1 Å². The molecule has 0 bridgehead atoms. The highest BCUT2D eigenvalue weighted by molar-refractivity contribution is 5.80. The Balaban J connectivity index is 1.97. The summed E-state index contributed by atoms with van der Waals surface area (Å²) in [5.41, 5.74) is 1.49. The van der Waals surface area contributed by atoms with Crippen LogP contribution in [0.5, 0.6) is 11.5 Å². The van der Waals surface area contributed by atoms with Crippen molar-refractivity contribution in [3.8, 4) is 11.5 Å². The molecule has 2 aromatic rings. The van der Waals surface area contributed by atoms with Gasteiger partial charge in [0.2, 0.25) is 0 Å². The lowest BCUT2D eigenvalue weighted by atomic mass is 10.2. The molecule has 26 heavy (non-hydrogen) atoms. The van der Waals surface area contributed by atoms with Gasteiger partial charge < -0.3 is 14.3 Å². The van der Waals surface area contributed by atoms with Gasteiger partial charge in [0.1, 0.15) is 6.61 Å². The van der Waals surface area contributed by atoms with Gasteiger partial charge in [-0.2, -0.15) is 0 Å². The van der Waals surface area contributed by atoms with Crippen LogP contribution in [0.15, 0.2) is 47.6 Å². The predicted molar refractivity (Wildman–Crippen MR) is 98.9 cm³/mol. The second-order valence-corrected chi connectivity index (χ2v) is 5.68. The number of nitro groups is 1. The third-order valence-corrected chi connectivity index (χ3v) is 3.72. The van der Waals surface area contributed by atoms with Crippen molar-refractivity contribution in [3.05, 3.63) is 63.7 Å². The highest BCUT2D eigenvalue weighted by Gasteiger charge is 2.08. The van der Waals surface area contributed by atoms with Crippen LogP contribution in [0.25, 0.3) is 0 Å². The SMILES string of the molecule is CC[C@@H](C)Oc1ccc(/C=N\OCc2cccc([N+](=O)[O-])c2)cc1OC. The van der Waals surface area contributed by atoms with Crippen LogP contribution >= 0.6 is 0 Å². The van der Waals surface area contributed by atoms with E-state index in [4.69, 9.17) is 14.3 Å². The van der Waals surface area contributed by atoms with Gasteiger partial charge in [0.05, 0.1) is 24.4 Å². The van der Waals surface area contributed by atoms with Gasteiger partial charge in [-0.25, -0.2) is 0 Å². The number of oxime groups is 1. The van der Waals surface area contributed by atoms with Crippen LogP contribution in [0.4, 0.5) is 5.69 Å². The van der Waals surface area contributed by atoms with E-state index in [2.05, 4.69) is 12.1 Å². The molecule has 2 aromatic carbocycles. The molecule has 0 aliphatic rings. The monoisotopic (exact) mass is 358 g/mol. The summed E-state index contributed by atoms with van der Waals surface area (Å²) in [6.07, 6.45) is 2.55. The zero-order valence-corrected chi connectivity index (χ0v) is 15.0. The fourth-order valence-electron chi connectivity index (χ4n) is 2.13. The Kier molecular flexibility index (Phi) is 6.96. The van der Waals surface area contributed by atoms with Crippen molar-refractivity contribution in [2.75, 3.05) is 7.11 Å². The molecule has 138 valence electrons. The Bertz CT molecular complexity index is 776. The largest absolute Gasteiger partial charge is 0.493 e. The first-order chi connectivity index (χ1) is 12.5. The van der Waals surface area contributed by atoms with E-state index >= 15 is 0 Å². The summed E-state index contributed by atoms with van der Waals surface area (Å²) in [4.78, 5) is 15.5. The van der Waals surface area contributed by atoms with Crippen molar-refractivity contribution >= 4 is 11.9 Å². The Morgan fingerprint density at radius 1 is 1.23 bits per heavy atom. The predicted octanol–water partition coefficient (Wildman–Crippen LogP) is 4.33. The van der Waals surface area contributed by atoms with Gasteiger partial charge in [0, 0.05) is 17.7 Å². The molecule has 2 rings (SSSR count). The van der Waals surface area contributed by atoms with E-state index in [-0.39, 0.29) is 18.4 Å². The maximum Gasteiger partial charge on any atom is 0.269 e. The second kappa shape index (κ2) is 9.41. The van der Waals surface area contributed by atoms with Crippen molar-refractivity contribution in [2.45, 2.75) is 33.0 Å². The summed E-state index contributed by atoms with van der Waals surface area (Å²) in [5, 5.41) is 14.7. The summed E-state index contributed by atoms with van der Waals surface area (Å²) in [7, 11) is 1.58. The van der Waals surface area contributed by atoms with E-state index in [1.54, 1.807) is 31.5 Å². The number of non-ortho nitro benzene ring substituents is 1. The third-order valence-electron chi connectivity index (χ3n) is 3.72. The molecule has 0 spiro atoms. The molecule has 0 heterocycles. The maximum atomic E-state index is 10.8. The molecule has 0 saturated heterocycles. The first-order valence-electron chi connectivity index (χ1n) is 8.26. The molecular weight excluding hydrogens is 336 g/mol. The van der Waals surface area contributed by atoms with E-state index < -0.39 is 4.92 Å². The van der Waals surface area contributed by atoms with Crippen LogP contribution in [-0.4, -0.2) is 24.4 Å². The smallest absolute Gasteiger partial charge is 0.269 e. The van der Waals surface area contributed by atoms with Gasteiger partial charge in [0.15, 0.2) is 11.5 Å². The normalized spacial score (nSPS) is 12.0. The number of hydrogen-bond donors (Lipinski definition) is 0. The topological polar surface area (TPSA) is 83.2 Å². The number of nitro benzene ring substituents is 1. The van der Waals surface area contributed by atoms with Crippen LogP contribution in [0, 0.1) is 10.1 Å². The van der Waals surface area contributed by atoms with E-state index in [9.17, 15) is 10.1 Å². The Morgan fingerprint density at radius 2 is 2.04 bits per heavy atom. The van der Waals surface area contributed by atoms with Crippen molar-refractivity contribution in [3.63, 3.8) is 0 Å². The highest BCUT2D eigenvalue weighted by Crippen LogP contribution is 2.28. The fourth-order valence-corrected chi connectivity index (χ4v) is 2.13. The first-order valence-corrected chi connectivity index (χ1v) is 8.26. The minimum Gasteiger partial charge on any atom is -0.493 e. The number of rotatable bonds is 9. The number of methoxy groups -OCH3 is 1. The Labute approximate surface area is 152 Å². The van der Waals surface area contributed by atoms with Gasteiger partial charge in [-0.1, -0.05) is 24.2 Å². The van der Waals surface area contributed by atoms with Gasteiger partial charge >= 0.3 is 0 Å².